The lowest BCUT2D eigenvalue weighted by molar-refractivity contribution is 1.20. The molecule has 0 saturated carbocycles. The van der Waals surface area contributed by atoms with E-state index in [0.717, 1.165) is 50.6 Å². The van der Waals surface area contributed by atoms with Crippen LogP contribution in [0, 0.1) is 0 Å². The van der Waals surface area contributed by atoms with Gasteiger partial charge < -0.3 is 0 Å². The fourth-order valence-corrected chi connectivity index (χ4v) is 10.6. The molecule has 0 saturated heterocycles. The topological polar surface area (TPSA) is 25.8 Å². The van der Waals surface area contributed by atoms with Crippen LogP contribution < -0.4 is 10.4 Å². The van der Waals surface area contributed by atoms with Crippen molar-refractivity contribution < 1.29 is 0 Å². The van der Waals surface area contributed by atoms with E-state index >= 15 is 0 Å². The molecule has 50 heavy (non-hydrogen) atoms. The van der Waals surface area contributed by atoms with Crippen molar-refractivity contribution in [1.29, 1.82) is 0 Å². The molecule has 0 fully saturated rings. The van der Waals surface area contributed by atoms with Gasteiger partial charge in [0, 0.05) is 11.1 Å². The molecule has 8 rings (SSSR count). The molecule has 2 heterocycles. The molecule has 3 heteroatoms. The zero-order valence-electron chi connectivity index (χ0n) is 28.7. The maximum Gasteiger partial charge on any atom is 0.160 e. The van der Waals surface area contributed by atoms with Crippen molar-refractivity contribution >= 4 is 24.0 Å². The standard InChI is InChI=1S/C47H38N2Si/c1-5-14-32(2)33-25-27-35(28-26-33)36-17-11-19-38(29-36)39-20-13-22-41(31-39)47-48-44(40-21-12-18-37(30-40)34-15-7-6-8-16-34)46-45(49-47)42-23-9-10-24-43(42)50(46,3)4/h5-31H,2H2,1,3-4H3/b14-5-. The number of nitrogens with zero attached hydrogens (tertiary/aromatic N) is 2. The molecule has 0 radical (unpaired) electrons. The van der Waals surface area contributed by atoms with Crippen molar-refractivity contribution in [2.75, 3.05) is 0 Å². The Bertz CT molecular complexity index is 2420. The Labute approximate surface area is 296 Å². The average Bonchev–Trinajstić information content (AvgIpc) is 3.41. The van der Waals surface area contributed by atoms with E-state index in [9.17, 15) is 0 Å². The zero-order valence-corrected chi connectivity index (χ0v) is 29.7. The molecule has 1 aliphatic rings. The minimum atomic E-state index is -2.08. The Morgan fingerprint density at radius 1 is 0.520 bits per heavy atom. The Hall–Kier alpha value is -5.90. The molecule has 1 aliphatic heterocycles. The number of rotatable bonds is 7. The van der Waals surface area contributed by atoms with Crippen molar-refractivity contribution in [2.24, 2.45) is 0 Å². The van der Waals surface area contributed by atoms with Gasteiger partial charge in [-0.3, -0.25) is 0 Å². The van der Waals surface area contributed by atoms with Gasteiger partial charge in [-0.2, -0.15) is 0 Å². The lowest BCUT2D eigenvalue weighted by atomic mass is 9.96. The first-order valence-corrected chi connectivity index (χ1v) is 20.2. The normalized spacial score (nSPS) is 12.9. The molecule has 0 bridgehead atoms. The fourth-order valence-electron chi connectivity index (χ4n) is 7.32. The maximum atomic E-state index is 5.45. The van der Waals surface area contributed by atoms with Gasteiger partial charge in [-0.1, -0.05) is 165 Å². The summed E-state index contributed by atoms with van der Waals surface area (Å²) in [7, 11) is -2.08. The lowest BCUT2D eigenvalue weighted by Gasteiger charge is -2.22. The average molecular weight is 659 g/mol. The predicted octanol–water partition coefficient (Wildman–Crippen LogP) is 11.2. The summed E-state index contributed by atoms with van der Waals surface area (Å²) in [5, 5.41) is 2.74. The first kappa shape index (κ1) is 31.4. The third kappa shape index (κ3) is 5.66. The van der Waals surface area contributed by atoms with E-state index < -0.39 is 8.07 Å². The van der Waals surface area contributed by atoms with Gasteiger partial charge in [0.1, 0.15) is 8.07 Å². The molecule has 1 aromatic heterocycles. The predicted molar refractivity (Wildman–Crippen MR) is 215 cm³/mol. The van der Waals surface area contributed by atoms with Crippen LogP contribution in [0.1, 0.15) is 12.5 Å². The van der Waals surface area contributed by atoms with Gasteiger partial charge in [-0.25, -0.2) is 9.97 Å². The second-order valence-electron chi connectivity index (χ2n) is 13.5. The SMILES string of the molecule is C=C(/C=C\C)c1ccc(-c2cccc(-c3cccc(-c4nc(-c5cccc(-c6ccccc6)c5)c5c(n4)-c4ccccc4[Si]5(C)C)c3)c2)cc1. The lowest BCUT2D eigenvalue weighted by Crippen LogP contribution is -2.50. The molecule has 0 N–H and O–H groups in total. The molecule has 240 valence electrons. The summed E-state index contributed by atoms with van der Waals surface area (Å²) in [5.41, 5.74) is 14.7. The van der Waals surface area contributed by atoms with E-state index in [4.69, 9.17) is 9.97 Å². The van der Waals surface area contributed by atoms with Crippen LogP contribution in [-0.2, 0) is 0 Å². The highest BCUT2D eigenvalue weighted by molar-refractivity contribution is 7.04. The quantitative estimate of drug-likeness (QED) is 0.126. The van der Waals surface area contributed by atoms with E-state index in [2.05, 4.69) is 171 Å². The Balaban J connectivity index is 1.23. The molecule has 0 amide bonds. The summed E-state index contributed by atoms with van der Waals surface area (Å²) >= 11 is 0. The molecule has 0 atom stereocenters. The summed E-state index contributed by atoms with van der Waals surface area (Å²) in [5.74, 6) is 0.750. The van der Waals surface area contributed by atoms with Crippen molar-refractivity contribution in [3.8, 4) is 67.3 Å². The summed E-state index contributed by atoms with van der Waals surface area (Å²) < 4.78 is 0. The van der Waals surface area contributed by atoms with Gasteiger partial charge >= 0.3 is 0 Å². The first-order valence-electron chi connectivity index (χ1n) is 17.2. The van der Waals surface area contributed by atoms with Gasteiger partial charge in [0.25, 0.3) is 0 Å². The van der Waals surface area contributed by atoms with Crippen LogP contribution in [-0.4, -0.2) is 18.0 Å². The van der Waals surface area contributed by atoms with Crippen LogP contribution in [0.3, 0.4) is 0 Å². The second kappa shape index (κ2) is 12.8. The minimum Gasteiger partial charge on any atom is -0.228 e. The Morgan fingerprint density at radius 2 is 1.02 bits per heavy atom. The molecule has 6 aromatic carbocycles. The Morgan fingerprint density at radius 3 is 1.70 bits per heavy atom. The summed E-state index contributed by atoms with van der Waals surface area (Å²) in [6.07, 6.45) is 4.06. The largest absolute Gasteiger partial charge is 0.228 e. The van der Waals surface area contributed by atoms with Crippen LogP contribution >= 0.6 is 0 Å². The summed E-state index contributed by atoms with van der Waals surface area (Å²) in [6.45, 7) is 11.1. The first-order chi connectivity index (χ1) is 24.4. The molecule has 7 aromatic rings. The number of allylic oxidation sites excluding steroid dienone is 3. The molecular formula is C47H38N2Si. The zero-order chi connectivity index (χ0) is 34.2. The number of fused-ring (bicyclic) bond motifs is 3. The number of hydrogen-bond donors (Lipinski definition) is 0. The Kier molecular flexibility index (Phi) is 8.06. The highest BCUT2D eigenvalue weighted by atomic mass is 28.3. The van der Waals surface area contributed by atoms with E-state index in [0.29, 0.717) is 0 Å². The van der Waals surface area contributed by atoms with Crippen molar-refractivity contribution in [3.63, 3.8) is 0 Å². The number of benzene rings is 6. The molecule has 0 aliphatic carbocycles. The van der Waals surface area contributed by atoms with Crippen LogP contribution in [0.5, 0.6) is 0 Å². The van der Waals surface area contributed by atoms with Crippen LogP contribution in [0.25, 0.3) is 72.9 Å². The van der Waals surface area contributed by atoms with Crippen LogP contribution in [0.2, 0.25) is 13.1 Å². The highest BCUT2D eigenvalue weighted by Gasteiger charge is 2.41. The van der Waals surface area contributed by atoms with Gasteiger partial charge in [-0.05, 0) is 85.6 Å². The molecular weight excluding hydrogens is 621 g/mol. The van der Waals surface area contributed by atoms with E-state index in [-0.39, 0.29) is 0 Å². The van der Waals surface area contributed by atoms with Gasteiger partial charge in [0.2, 0.25) is 0 Å². The van der Waals surface area contributed by atoms with Crippen molar-refractivity contribution in [2.45, 2.75) is 20.0 Å². The van der Waals surface area contributed by atoms with Crippen LogP contribution in [0.4, 0.5) is 0 Å². The monoisotopic (exact) mass is 658 g/mol. The van der Waals surface area contributed by atoms with Gasteiger partial charge in [0.15, 0.2) is 5.82 Å². The number of aromatic nitrogens is 2. The third-order valence-corrected chi connectivity index (χ3v) is 13.4. The van der Waals surface area contributed by atoms with E-state index in [1.54, 1.807) is 0 Å². The summed E-state index contributed by atoms with van der Waals surface area (Å²) in [6, 6.07) is 54.3. The highest BCUT2D eigenvalue weighted by Crippen LogP contribution is 2.36. The maximum absolute atomic E-state index is 5.45. The molecule has 0 unspecified atom stereocenters. The molecule has 2 nitrogen and oxygen atoms in total. The van der Waals surface area contributed by atoms with Crippen molar-refractivity contribution in [1.82, 2.24) is 9.97 Å². The van der Waals surface area contributed by atoms with E-state index in [1.807, 2.05) is 19.1 Å². The molecule has 0 spiro atoms. The van der Waals surface area contributed by atoms with Gasteiger partial charge in [0.05, 0.1) is 11.4 Å². The third-order valence-electron chi connectivity index (χ3n) is 9.91. The van der Waals surface area contributed by atoms with Crippen molar-refractivity contribution in [3.05, 3.63) is 176 Å². The summed E-state index contributed by atoms with van der Waals surface area (Å²) in [4.78, 5) is 10.8. The fraction of sp³-hybridized carbons (Fsp3) is 0.0638. The minimum absolute atomic E-state index is 0.750. The second-order valence-corrected chi connectivity index (χ2v) is 17.8. The van der Waals surface area contributed by atoms with Crippen LogP contribution in [0.15, 0.2) is 170 Å². The van der Waals surface area contributed by atoms with E-state index in [1.165, 1.54) is 38.2 Å². The number of hydrogen-bond acceptors (Lipinski definition) is 2. The van der Waals surface area contributed by atoms with Gasteiger partial charge in [-0.15, -0.1) is 0 Å². The smallest absolute Gasteiger partial charge is 0.160 e.